The van der Waals surface area contributed by atoms with E-state index in [0.717, 1.165) is 15.8 Å². The van der Waals surface area contributed by atoms with E-state index in [0.29, 0.717) is 11.1 Å². The topological polar surface area (TPSA) is 38.9 Å². The summed E-state index contributed by atoms with van der Waals surface area (Å²) in [5, 5.41) is 8.97. The first-order chi connectivity index (χ1) is 12.3. The van der Waals surface area contributed by atoms with Crippen molar-refractivity contribution in [2.75, 3.05) is 0 Å². The van der Waals surface area contributed by atoms with Crippen molar-refractivity contribution in [2.45, 2.75) is 51.0 Å². The van der Waals surface area contributed by atoms with Crippen molar-refractivity contribution in [3.05, 3.63) is 63.1 Å². The van der Waals surface area contributed by atoms with Crippen LogP contribution in [0.5, 0.6) is 0 Å². The predicted molar refractivity (Wildman–Crippen MR) is 112 cm³/mol. The summed E-state index contributed by atoms with van der Waals surface area (Å²) in [6.45, 7) is 11.1. The Morgan fingerprint density at radius 3 is 2.31 bits per heavy atom. The van der Waals surface area contributed by atoms with Gasteiger partial charge in [0.25, 0.3) is 5.22 Å². The summed E-state index contributed by atoms with van der Waals surface area (Å²) in [4.78, 5) is 0. The van der Waals surface area contributed by atoms with Crippen LogP contribution in [0.4, 0.5) is 0 Å². The molecule has 3 rings (SSSR count). The Kier molecular flexibility index (Phi) is 5.58. The van der Waals surface area contributed by atoms with Crippen LogP contribution in [-0.4, -0.2) is 10.2 Å². The van der Waals surface area contributed by atoms with Crippen molar-refractivity contribution in [3.8, 4) is 11.5 Å². The fourth-order valence-corrected chi connectivity index (χ4v) is 4.21. The monoisotopic (exact) mass is 430 g/mol. The fourth-order valence-electron chi connectivity index (χ4n) is 2.80. The third-order valence-corrected chi connectivity index (χ3v) is 5.95. The first kappa shape index (κ1) is 19.2. The molecule has 0 N–H and O–H groups in total. The molecule has 5 heteroatoms. The quantitative estimate of drug-likeness (QED) is 0.431. The third kappa shape index (κ3) is 4.21. The van der Waals surface area contributed by atoms with Gasteiger partial charge in [0.2, 0.25) is 5.89 Å². The van der Waals surface area contributed by atoms with Crippen molar-refractivity contribution in [3.63, 3.8) is 0 Å². The van der Waals surface area contributed by atoms with E-state index >= 15 is 0 Å². The van der Waals surface area contributed by atoms with Crippen molar-refractivity contribution < 1.29 is 4.42 Å². The minimum absolute atomic E-state index is 0.158. The molecule has 0 aliphatic rings. The molecule has 3 nitrogen and oxygen atoms in total. The maximum absolute atomic E-state index is 5.84. The number of hydrogen-bond acceptors (Lipinski definition) is 4. The molecule has 1 aromatic heterocycles. The van der Waals surface area contributed by atoms with Crippen LogP contribution in [0.15, 0.2) is 50.5 Å². The molecule has 2 aromatic carbocycles. The average Bonchev–Trinajstić information content (AvgIpc) is 3.02. The number of aryl methyl sites for hydroxylation is 2. The smallest absolute Gasteiger partial charge is 0.277 e. The van der Waals surface area contributed by atoms with Gasteiger partial charge in [0.05, 0.1) is 5.56 Å². The van der Waals surface area contributed by atoms with Gasteiger partial charge in [-0.25, -0.2) is 0 Å². The van der Waals surface area contributed by atoms with E-state index in [-0.39, 0.29) is 5.41 Å². The Hall–Kier alpha value is -1.59. The SMILES string of the molecule is Cc1cc(C(C)(C)C)cc(C)c1CSc1nnc(-c2ccccc2Br)o1. The summed E-state index contributed by atoms with van der Waals surface area (Å²) in [6.07, 6.45) is 0. The fraction of sp³-hybridized carbons (Fsp3) is 0.333. The Labute approximate surface area is 167 Å². The highest BCUT2D eigenvalue weighted by molar-refractivity contribution is 9.10. The molecule has 136 valence electrons. The van der Waals surface area contributed by atoms with Crippen LogP contribution >= 0.6 is 27.7 Å². The lowest BCUT2D eigenvalue weighted by atomic mass is 9.84. The molecule has 0 bridgehead atoms. The maximum atomic E-state index is 5.84. The van der Waals surface area contributed by atoms with E-state index in [4.69, 9.17) is 4.42 Å². The molecule has 3 aromatic rings. The summed E-state index contributed by atoms with van der Waals surface area (Å²) in [5.74, 6) is 1.36. The lowest BCUT2D eigenvalue weighted by Gasteiger charge is -2.22. The molecular weight excluding hydrogens is 408 g/mol. The molecule has 0 atom stereocenters. The Morgan fingerprint density at radius 1 is 1.04 bits per heavy atom. The molecule has 0 fully saturated rings. The Bertz CT molecular complexity index is 905. The minimum atomic E-state index is 0.158. The van der Waals surface area contributed by atoms with Crippen LogP contribution < -0.4 is 0 Å². The van der Waals surface area contributed by atoms with Crippen LogP contribution in [0.2, 0.25) is 0 Å². The average molecular weight is 431 g/mol. The molecule has 0 saturated carbocycles. The lowest BCUT2D eigenvalue weighted by molar-refractivity contribution is 0.465. The van der Waals surface area contributed by atoms with Gasteiger partial charge in [0.1, 0.15) is 0 Å². The van der Waals surface area contributed by atoms with Crippen LogP contribution in [0.1, 0.15) is 43.0 Å². The number of thioether (sulfide) groups is 1. The van der Waals surface area contributed by atoms with E-state index in [1.165, 1.54) is 22.3 Å². The normalized spacial score (nSPS) is 11.8. The van der Waals surface area contributed by atoms with Crippen molar-refractivity contribution in [1.82, 2.24) is 10.2 Å². The number of aromatic nitrogens is 2. The van der Waals surface area contributed by atoms with Gasteiger partial charge in [0, 0.05) is 10.2 Å². The van der Waals surface area contributed by atoms with Gasteiger partial charge < -0.3 is 4.42 Å². The number of hydrogen-bond donors (Lipinski definition) is 0. The largest absolute Gasteiger partial charge is 0.411 e. The number of benzene rings is 2. The van der Waals surface area contributed by atoms with E-state index < -0.39 is 0 Å². The van der Waals surface area contributed by atoms with Gasteiger partial charge in [-0.3, -0.25) is 0 Å². The molecule has 0 saturated heterocycles. The van der Waals surface area contributed by atoms with Crippen molar-refractivity contribution in [1.29, 1.82) is 0 Å². The molecule has 0 unspecified atom stereocenters. The molecule has 1 heterocycles. The van der Waals surface area contributed by atoms with Crippen molar-refractivity contribution in [2.24, 2.45) is 0 Å². The van der Waals surface area contributed by atoms with E-state index in [2.05, 4.69) is 72.9 Å². The van der Waals surface area contributed by atoms with E-state index in [9.17, 15) is 0 Å². The van der Waals surface area contributed by atoms with Crippen LogP contribution in [-0.2, 0) is 11.2 Å². The molecule has 26 heavy (non-hydrogen) atoms. The van der Waals surface area contributed by atoms with E-state index in [1.54, 1.807) is 11.8 Å². The van der Waals surface area contributed by atoms with Gasteiger partial charge in [-0.1, -0.05) is 56.8 Å². The molecule has 0 aliphatic heterocycles. The summed E-state index contributed by atoms with van der Waals surface area (Å²) >= 11 is 5.11. The van der Waals surface area contributed by atoms with E-state index in [1.807, 2.05) is 24.3 Å². The second-order valence-electron chi connectivity index (χ2n) is 7.48. The highest BCUT2D eigenvalue weighted by atomic mass is 79.9. The molecule has 0 spiro atoms. The van der Waals surface area contributed by atoms with Gasteiger partial charge in [-0.05, 0) is 69.6 Å². The summed E-state index contributed by atoms with van der Waals surface area (Å²) < 4.78 is 6.79. The zero-order chi connectivity index (χ0) is 18.9. The van der Waals surface area contributed by atoms with Gasteiger partial charge >= 0.3 is 0 Å². The van der Waals surface area contributed by atoms with Crippen molar-refractivity contribution >= 4 is 27.7 Å². The zero-order valence-electron chi connectivity index (χ0n) is 15.8. The summed E-state index contributed by atoms with van der Waals surface area (Å²) in [7, 11) is 0. The maximum Gasteiger partial charge on any atom is 0.277 e. The molecule has 0 aliphatic carbocycles. The minimum Gasteiger partial charge on any atom is -0.411 e. The van der Waals surface area contributed by atoms with Crippen LogP contribution in [0.25, 0.3) is 11.5 Å². The predicted octanol–water partition coefficient (Wildman–Crippen LogP) is 6.71. The van der Waals surface area contributed by atoms with Gasteiger partial charge in [-0.15, -0.1) is 10.2 Å². The standard InChI is InChI=1S/C21H23BrN2OS/c1-13-10-15(21(3,4)5)11-14(2)17(13)12-26-20-24-23-19(25-20)16-8-6-7-9-18(16)22/h6-11H,12H2,1-5H3. The molecule has 0 amide bonds. The Morgan fingerprint density at radius 2 is 1.69 bits per heavy atom. The highest BCUT2D eigenvalue weighted by Gasteiger charge is 2.17. The number of rotatable bonds is 4. The second kappa shape index (κ2) is 7.57. The zero-order valence-corrected chi connectivity index (χ0v) is 18.2. The van der Waals surface area contributed by atoms with Crippen LogP contribution in [0.3, 0.4) is 0 Å². The van der Waals surface area contributed by atoms with Gasteiger partial charge in [0.15, 0.2) is 0 Å². The first-order valence-corrected chi connectivity index (χ1v) is 10.4. The number of halogens is 1. The molecule has 0 radical (unpaired) electrons. The third-order valence-electron chi connectivity index (χ3n) is 4.41. The highest BCUT2D eigenvalue weighted by Crippen LogP contribution is 2.32. The summed E-state index contributed by atoms with van der Waals surface area (Å²) in [5.41, 5.74) is 6.40. The summed E-state index contributed by atoms with van der Waals surface area (Å²) in [6, 6.07) is 12.4. The number of nitrogens with zero attached hydrogens (tertiary/aromatic N) is 2. The first-order valence-electron chi connectivity index (χ1n) is 8.57. The Balaban J connectivity index is 1.77. The van der Waals surface area contributed by atoms with Crippen LogP contribution in [0, 0.1) is 13.8 Å². The second-order valence-corrected chi connectivity index (χ2v) is 9.26. The van der Waals surface area contributed by atoms with Gasteiger partial charge in [-0.2, -0.15) is 0 Å². The lowest BCUT2D eigenvalue weighted by Crippen LogP contribution is -2.12. The molecular formula is C21H23BrN2OS.